The average Bonchev–Trinajstić information content (AvgIpc) is 2.98. The second-order valence-electron chi connectivity index (χ2n) is 5.70. The SMILES string of the molecule is O=C(NCC1(CO)CCOCC1)c1c[nH]c2ccccc12. The van der Waals surface area contributed by atoms with Crippen LogP contribution in [0.3, 0.4) is 0 Å². The number of amides is 1. The molecule has 0 radical (unpaired) electrons. The Bertz CT molecular complexity index is 629. The number of fused-ring (bicyclic) bond motifs is 1. The summed E-state index contributed by atoms with van der Waals surface area (Å²) in [6, 6.07) is 7.72. The van der Waals surface area contributed by atoms with Gasteiger partial charge in [-0.05, 0) is 18.9 Å². The zero-order valence-electron chi connectivity index (χ0n) is 11.9. The average molecular weight is 288 g/mol. The first-order valence-electron chi connectivity index (χ1n) is 7.27. The van der Waals surface area contributed by atoms with Gasteiger partial charge >= 0.3 is 0 Å². The summed E-state index contributed by atoms with van der Waals surface area (Å²) in [5.74, 6) is -0.105. The molecule has 5 heteroatoms. The molecule has 2 heterocycles. The predicted octanol–water partition coefficient (Wildman–Crippen LogP) is 1.69. The molecular formula is C16H20N2O3. The third kappa shape index (κ3) is 2.80. The standard InChI is InChI=1S/C16H20N2O3/c19-11-16(5-7-21-8-6-16)10-18-15(20)13-9-17-14-4-2-1-3-12(13)14/h1-4,9,17,19H,5-8,10-11H2,(H,18,20). The molecule has 1 aliphatic rings. The fourth-order valence-corrected chi connectivity index (χ4v) is 2.82. The lowest BCUT2D eigenvalue weighted by molar-refractivity contribution is -0.0146. The third-order valence-electron chi connectivity index (χ3n) is 4.35. The summed E-state index contributed by atoms with van der Waals surface area (Å²) in [4.78, 5) is 15.5. The maximum Gasteiger partial charge on any atom is 0.253 e. The van der Waals surface area contributed by atoms with Gasteiger partial charge in [0.25, 0.3) is 5.91 Å². The molecule has 1 aromatic carbocycles. The van der Waals surface area contributed by atoms with Crippen molar-refractivity contribution in [2.24, 2.45) is 5.41 Å². The molecule has 0 unspecified atom stereocenters. The minimum Gasteiger partial charge on any atom is -0.396 e. The number of nitrogens with one attached hydrogen (secondary N) is 2. The highest BCUT2D eigenvalue weighted by Crippen LogP contribution is 2.29. The topological polar surface area (TPSA) is 74.3 Å². The molecule has 3 rings (SSSR count). The number of hydrogen-bond donors (Lipinski definition) is 3. The van der Waals surface area contributed by atoms with Crippen LogP contribution in [0.25, 0.3) is 10.9 Å². The van der Waals surface area contributed by atoms with Crippen molar-refractivity contribution in [2.75, 3.05) is 26.4 Å². The normalized spacial score (nSPS) is 17.8. The number of hydrogen-bond acceptors (Lipinski definition) is 3. The summed E-state index contributed by atoms with van der Waals surface area (Å²) in [7, 11) is 0. The highest BCUT2D eigenvalue weighted by molar-refractivity contribution is 6.06. The van der Waals surface area contributed by atoms with Crippen LogP contribution in [-0.4, -0.2) is 42.4 Å². The van der Waals surface area contributed by atoms with E-state index in [1.54, 1.807) is 6.20 Å². The fourth-order valence-electron chi connectivity index (χ4n) is 2.82. The first-order valence-corrected chi connectivity index (χ1v) is 7.27. The number of carbonyl (C=O) groups is 1. The molecule has 1 aromatic heterocycles. The van der Waals surface area contributed by atoms with Crippen molar-refractivity contribution in [3.8, 4) is 0 Å². The van der Waals surface area contributed by atoms with Gasteiger partial charge in [-0.2, -0.15) is 0 Å². The van der Waals surface area contributed by atoms with Crippen LogP contribution in [0.15, 0.2) is 30.5 Å². The first kappa shape index (κ1) is 14.1. The summed E-state index contributed by atoms with van der Waals surface area (Å²) in [5.41, 5.74) is 1.34. The zero-order valence-corrected chi connectivity index (χ0v) is 11.9. The van der Waals surface area contributed by atoms with E-state index in [2.05, 4.69) is 10.3 Å². The minimum absolute atomic E-state index is 0.0739. The summed E-state index contributed by atoms with van der Waals surface area (Å²) in [6.45, 7) is 1.84. The molecule has 2 aromatic rings. The second kappa shape index (κ2) is 5.87. The van der Waals surface area contributed by atoms with Crippen LogP contribution < -0.4 is 5.32 Å². The van der Waals surface area contributed by atoms with E-state index in [9.17, 15) is 9.90 Å². The molecule has 21 heavy (non-hydrogen) atoms. The minimum atomic E-state index is -0.250. The van der Waals surface area contributed by atoms with Crippen molar-refractivity contribution in [3.63, 3.8) is 0 Å². The number of rotatable bonds is 4. The number of carbonyl (C=O) groups excluding carboxylic acids is 1. The number of aliphatic hydroxyl groups excluding tert-OH is 1. The van der Waals surface area contributed by atoms with Gasteiger partial charge < -0.3 is 20.1 Å². The number of benzene rings is 1. The largest absolute Gasteiger partial charge is 0.396 e. The van der Waals surface area contributed by atoms with E-state index in [-0.39, 0.29) is 17.9 Å². The maximum absolute atomic E-state index is 12.4. The molecule has 1 saturated heterocycles. The molecule has 112 valence electrons. The number of aromatic amines is 1. The van der Waals surface area contributed by atoms with E-state index in [0.29, 0.717) is 25.3 Å². The van der Waals surface area contributed by atoms with Gasteiger partial charge in [-0.1, -0.05) is 18.2 Å². The Morgan fingerprint density at radius 3 is 2.86 bits per heavy atom. The molecule has 3 N–H and O–H groups in total. The van der Waals surface area contributed by atoms with Crippen molar-refractivity contribution in [2.45, 2.75) is 12.8 Å². The first-order chi connectivity index (χ1) is 10.2. The molecule has 0 saturated carbocycles. The van der Waals surface area contributed by atoms with E-state index in [1.807, 2.05) is 24.3 Å². The monoisotopic (exact) mass is 288 g/mol. The van der Waals surface area contributed by atoms with Crippen LogP contribution in [0.2, 0.25) is 0 Å². The van der Waals surface area contributed by atoms with E-state index in [0.717, 1.165) is 23.7 Å². The van der Waals surface area contributed by atoms with Crippen LogP contribution >= 0.6 is 0 Å². The quantitative estimate of drug-likeness (QED) is 0.801. The number of ether oxygens (including phenoxy) is 1. The van der Waals surface area contributed by atoms with Crippen molar-refractivity contribution in [1.82, 2.24) is 10.3 Å². The Kier molecular flexibility index (Phi) is 3.94. The molecule has 1 fully saturated rings. The van der Waals surface area contributed by atoms with Gasteiger partial charge in [-0.25, -0.2) is 0 Å². The Morgan fingerprint density at radius 1 is 1.33 bits per heavy atom. The molecule has 5 nitrogen and oxygen atoms in total. The van der Waals surface area contributed by atoms with Crippen molar-refractivity contribution in [1.29, 1.82) is 0 Å². The van der Waals surface area contributed by atoms with Crippen molar-refractivity contribution >= 4 is 16.8 Å². The van der Waals surface area contributed by atoms with Crippen LogP contribution in [0.1, 0.15) is 23.2 Å². The Hall–Kier alpha value is -1.85. The number of aliphatic hydroxyl groups is 1. The fraction of sp³-hybridized carbons (Fsp3) is 0.438. The lowest BCUT2D eigenvalue weighted by Crippen LogP contribution is -2.43. The molecule has 0 aliphatic carbocycles. The molecule has 0 bridgehead atoms. The summed E-state index contributed by atoms with van der Waals surface area (Å²) in [6.07, 6.45) is 3.28. The van der Waals surface area contributed by atoms with Gasteiger partial charge in [0.05, 0.1) is 12.2 Å². The van der Waals surface area contributed by atoms with Crippen LogP contribution in [0, 0.1) is 5.41 Å². The van der Waals surface area contributed by atoms with Gasteiger partial charge in [0.2, 0.25) is 0 Å². The number of aromatic nitrogens is 1. The Balaban J connectivity index is 1.71. The third-order valence-corrected chi connectivity index (χ3v) is 4.35. The molecule has 1 aliphatic heterocycles. The highest BCUT2D eigenvalue weighted by Gasteiger charge is 2.32. The molecule has 0 spiro atoms. The van der Waals surface area contributed by atoms with Crippen LogP contribution in [-0.2, 0) is 4.74 Å². The summed E-state index contributed by atoms with van der Waals surface area (Å²) in [5, 5.41) is 13.5. The number of H-pyrrole nitrogens is 1. The smallest absolute Gasteiger partial charge is 0.253 e. The lowest BCUT2D eigenvalue weighted by atomic mass is 9.81. The zero-order chi connectivity index (χ0) is 14.7. The summed E-state index contributed by atoms with van der Waals surface area (Å²) < 4.78 is 5.33. The van der Waals surface area contributed by atoms with Gasteiger partial charge in [0.1, 0.15) is 0 Å². The number of para-hydroxylation sites is 1. The lowest BCUT2D eigenvalue weighted by Gasteiger charge is -2.35. The van der Waals surface area contributed by atoms with Crippen LogP contribution in [0.5, 0.6) is 0 Å². The maximum atomic E-state index is 12.4. The van der Waals surface area contributed by atoms with E-state index in [4.69, 9.17) is 4.74 Å². The molecular weight excluding hydrogens is 268 g/mol. The Labute approximate surface area is 123 Å². The second-order valence-corrected chi connectivity index (χ2v) is 5.70. The van der Waals surface area contributed by atoms with Gasteiger partial charge in [0.15, 0.2) is 0 Å². The Morgan fingerprint density at radius 2 is 2.10 bits per heavy atom. The van der Waals surface area contributed by atoms with E-state index >= 15 is 0 Å². The highest BCUT2D eigenvalue weighted by atomic mass is 16.5. The van der Waals surface area contributed by atoms with Gasteiger partial charge in [-0.15, -0.1) is 0 Å². The van der Waals surface area contributed by atoms with Crippen molar-refractivity contribution < 1.29 is 14.6 Å². The van der Waals surface area contributed by atoms with Gasteiger partial charge in [-0.3, -0.25) is 4.79 Å². The van der Waals surface area contributed by atoms with E-state index < -0.39 is 0 Å². The van der Waals surface area contributed by atoms with E-state index in [1.165, 1.54) is 0 Å². The van der Waals surface area contributed by atoms with Gasteiger partial charge in [0, 0.05) is 42.3 Å². The predicted molar refractivity (Wildman–Crippen MR) is 80.2 cm³/mol. The van der Waals surface area contributed by atoms with Crippen LogP contribution in [0.4, 0.5) is 0 Å². The summed E-state index contributed by atoms with van der Waals surface area (Å²) >= 11 is 0. The van der Waals surface area contributed by atoms with Crippen molar-refractivity contribution in [3.05, 3.63) is 36.0 Å². The molecule has 1 amide bonds. The molecule has 0 atom stereocenters.